The smallest absolute Gasteiger partial charge is 0.298 e. The van der Waals surface area contributed by atoms with Crippen molar-refractivity contribution in [2.24, 2.45) is 0 Å². The maximum Gasteiger partial charge on any atom is 0.298 e. The number of carbonyl (C=O) groups excluding carboxylic acids is 2. The van der Waals surface area contributed by atoms with Crippen LogP contribution in [0.3, 0.4) is 0 Å². The maximum atomic E-state index is 12.7. The average molecular weight is 448 g/mol. The van der Waals surface area contributed by atoms with Gasteiger partial charge < -0.3 is 9.47 Å². The summed E-state index contributed by atoms with van der Waals surface area (Å²) in [6.45, 7) is 4.78. The second kappa shape index (κ2) is 8.63. The van der Waals surface area contributed by atoms with Crippen molar-refractivity contribution in [1.29, 1.82) is 0 Å². The van der Waals surface area contributed by atoms with Gasteiger partial charge in [-0.2, -0.15) is 0 Å². The lowest BCUT2D eigenvalue weighted by molar-refractivity contribution is -0.113. The minimum atomic E-state index is -0.334. The summed E-state index contributed by atoms with van der Waals surface area (Å²) in [5.41, 5.74) is 1.30. The number of amides is 2. The Morgan fingerprint density at radius 2 is 1.78 bits per heavy atom. The summed E-state index contributed by atoms with van der Waals surface area (Å²) in [6, 6.07) is 12.5. The van der Waals surface area contributed by atoms with Crippen LogP contribution in [0.4, 0.5) is 10.5 Å². The molecule has 2 aromatic rings. The van der Waals surface area contributed by atoms with Crippen LogP contribution in [0.5, 0.6) is 11.5 Å². The van der Waals surface area contributed by atoms with Crippen LogP contribution >= 0.6 is 27.7 Å². The van der Waals surface area contributed by atoms with Crippen LogP contribution in [0.2, 0.25) is 0 Å². The van der Waals surface area contributed by atoms with Gasteiger partial charge in [0.25, 0.3) is 11.1 Å². The number of hydrogen-bond donors (Lipinski definition) is 0. The summed E-state index contributed by atoms with van der Waals surface area (Å²) >= 11 is 4.41. The van der Waals surface area contributed by atoms with E-state index in [0.29, 0.717) is 35.3 Å². The first-order valence-corrected chi connectivity index (χ1v) is 10.1. The zero-order chi connectivity index (χ0) is 19.4. The molecular formula is C20H18BrNO4S. The molecule has 1 aliphatic heterocycles. The molecule has 0 aromatic heterocycles. The molecule has 0 spiro atoms. The highest BCUT2D eigenvalue weighted by Gasteiger charge is 2.36. The summed E-state index contributed by atoms with van der Waals surface area (Å²) in [5.74, 6) is 0.871. The van der Waals surface area contributed by atoms with Crippen LogP contribution in [0.25, 0.3) is 6.08 Å². The van der Waals surface area contributed by atoms with Gasteiger partial charge in [-0.05, 0) is 77.4 Å². The fourth-order valence-electron chi connectivity index (χ4n) is 2.64. The highest BCUT2D eigenvalue weighted by molar-refractivity contribution is 9.10. The van der Waals surface area contributed by atoms with Crippen LogP contribution in [0.15, 0.2) is 51.8 Å². The molecule has 0 saturated carbocycles. The molecule has 0 atom stereocenters. The molecule has 5 nitrogen and oxygen atoms in total. The van der Waals surface area contributed by atoms with Gasteiger partial charge in [-0.1, -0.05) is 18.2 Å². The van der Waals surface area contributed by atoms with Crippen molar-refractivity contribution in [3.05, 3.63) is 57.4 Å². The Hall–Kier alpha value is -2.25. The summed E-state index contributed by atoms with van der Waals surface area (Å²) < 4.78 is 12.0. The number of rotatable bonds is 6. The van der Waals surface area contributed by atoms with Gasteiger partial charge in [0.15, 0.2) is 11.5 Å². The number of benzene rings is 2. The minimum absolute atomic E-state index is 0.313. The zero-order valence-electron chi connectivity index (χ0n) is 14.9. The predicted octanol–water partition coefficient (Wildman–Crippen LogP) is 5.49. The van der Waals surface area contributed by atoms with Gasteiger partial charge in [0.1, 0.15) is 0 Å². The van der Waals surface area contributed by atoms with Gasteiger partial charge in [-0.25, -0.2) is 4.90 Å². The topological polar surface area (TPSA) is 55.8 Å². The van der Waals surface area contributed by atoms with Gasteiger partial charge in [-0.3, -0.25) is 9.59 Å². The molecule has 0 bridgehead atoms. The molecule has 0 radical (unpaired) electrons. The molecule has 7 heteroatoms. The van der Waals surface area contributed by atoms with Crippen LogP contribution in [-0.4, -0.2) is 24.4 Å². The third kappa shape index (κ3) is 4.20. The number of para-hydroxylation sites is 1. The maximum absolute atomic E-state index is 12.7. The minimum Gasteiger partial charge on any atom is -0.490 e. The van der Waals surface area contributed by atoms with E-state index in [1.54, 1.807) is 36.4 Å². The largest absolute Gasteiger partial charge is 0.490 e. The molecule has 0 N–H and O–H groups in total. The quantitative estimate of drug-likeness (QED) is 0.548. The number of ether oxygens (including phenoxy) is 2. The van der Waals surface area contributed by atoms with Crippen molar-refractivity contribution in [2.45, 2.75) is 13.8 Å². The number of imide groups is 1. The summed E-state index contributed by atoms with van der Waals surface area (Å²) in [5, 5.41) is -0.313. The van der Waals surface area contributed by atoms with E-state index >= 15 is 0 Å². The number of anilines is 1. The van der Waals surface area contributed by atoms with E-state index in [1.807, 2.05) is 26.0 Å². The molecule has 3 rings (SSSR count). The van der Waals surface area contributed by atoms with Gasteiger partial charge in [0, 0.05) is 0 Å². The molecule has 140 valence electrons. The monoisotopic (exact) mass is 447 g/mol. The normalized spacial score (nSPS) is 15.5. The molecule has 2 amide bonds. The van der Waals surface area contributed by atoms with Crippen LogP contribution in [0, 0.1) is 0 Å². The van der Waals surface area contributed by atoms with Crippen molar-refractivity contribution in [3.8, 4) is 11.5 Å². The number of nitrogens with zero attached hydrogens (tertiary/aromatic N) is 1. The lowest BCUT2D eigenvalue weighted by atomic mass is 10.1. The molecule has 0 unspecified atom stereocenters. The third-order valence-corrected chi connectivity index (χ3v) is 5.18. The van der Waals surface area contributed by atoms with Crippen LogP contribution in [0.1, 0.15) is 19.4 Å². The Kier molecular flexibility index (Phi) is 6.23. The van der Waals surface area contributed by atoms with E-state index < -0.39 is 0 Å². The first-order chi connectivity index (χ1) is 13.0. The fraction of sp³-hybridized carbons (Fsp3) is 0.200. The fourth-order valence-corrected chi connectivity index (χ4v) is 4.05. The highest BCUT2D eigenvalue weighted by Crippen LogP contribution is 2.40. The summed E-state index contributed by atoms with van der Waals surface area (Å²) in [4.78, 5) is 26.6. The summed E-state index contributed by atoms with van der Waals surface area (Å²) in [6.07, 6.45) is 1.69. The van der Waals surface area contributed by atoms with Gasteiger partial charge in [-0.15, -0.1) is 0 Å². The van der Waals surface area contributed by atoms with E-state index in [4.69, 9.17) is 9.47 Å². The Morgan fingerprint density at radius 3 is 2.44 bits per heavy atom. The second-order valence-electron chi connectivity index (χ2n) is 5.55. The van der Waals surface area contributed by atoms with E-state index in [-0.39, 0.29) is 11.1 Å². The Bertz CT molecular complexity index is 898. The van der Waals surface area contributed by atoms with E-state index in [9.17, 15) is 9.59 Å². The van der Waals surface area contributed by atoms with Crippen molar-refractivity contribution in [1.82, 2.24) is 0 Å². The van der Waals surface area contributed by atoms with Crippen molar-refractivity contribution in [3.63, 3.8) is 0 Å². The Balaban J connectivity index is 1.95. The molecule has 1 fully saturated rings. The molecule has 1 aliphatic rings. The first-order valence-electron chi connectivity index (χ1n) is 8.47. The van der Waals surface area contributed by atoms with Crippen molar-refractivity contribution >= 4 is 50.6 Å². The van der Waals surface area contributed by atoms with Gasteiger partial charge in [0.05, 0.1) is 28.3 Å². The number of thioether (sulfide) groups is 1. The van der Waals surface area contributed by atoms with E-state index in [1.165, 1.54) is 4.90 Å². The standard InChI is InChI=1S/C20H18BrNO4S/c1-3-25-16-11-13(10-15(21)18(16)26-4-2)12-17-19(23)22(20(24)27-17)14-8-6-5-7-9-14/h5-12H,3-4H2,1-2H3/b17-12-. The molecule has 27 heavy (non-hydrogen) atoms. The summed E-state index contributed by atoms with van der Waals surface area (Å²) in [7, 11) is 0. The average Bonchev–Trinajstić information content (AvgIpc) is 2.92. The second-order valence-corrected chi connectivity index (χ2v) is 7.40. The number of halogens is 1. The predicted molar refractivity (Wildman–Crippen MR) is 111 cm³/mol. The van der Waals surface area contributed by atoms with Crippen molar-refractivity contribution in [2.75, 3.05) is 18.1 Å². The molecule has 1 saturated heterocycles. The highest BCUT2D eigenvalue weighted by atomic mass is 79.9. The lowest BCUT2D eigenvalue weighted by Gasteiger charge is -2.14. The third-order valence-electron chi connectivity index (χ3n) is 3.73. The molecule has 1 heterocycles. The van der Waals surface area contributed by atoms with Crippen LogP contribution < -0.4 is 14.4 Å². The Labute approximate surface area is 170 Å². The van der Waals surface area contributed by atoms with E-state index in [0.717, 1.165) is 21.8 Å². The van der Waals surface area contributed by atoms with Gasteiger partial charge in [0.2, 0.25) is 0 Å². The number of hydrogen-bond acceptors (Lipinski definition) is 5. The molecular weight excluding hydrogens is 430 g/mol. The SMILES string of the molecule is CCOc1cc(/C=C2\SC(=O)N(c3ccccc3)C2=O)cc(Br)c1OCC. The molecule has 0 aliphatic carbocycles. The Morgan fingerprint density at radius 1 is 1.07 bits per heavy atom. The lowest BCUT2D eigenvalue weighted by Crippen LogP contribution is -2.27. The number of carbonyl (C=O) groups is 2. The van der Waals surface area contributed by atoms with E-state index in [2.05, 4.69) is 15.9 Å². The van der Waals surface area contributed by atoms with Crippen molar-refractivity contribution < 1.29 is 19.1 Å². The molecule has 2 aromatic carbocycles. The van der Waals surface area contributed by atoms with Gasteiger partial charge >= 0.3 is 0 Å². The first kappa shape index (κ1) is 19.5. The van der Waals surface area contributed by atoms with Crippen LogP contribution in [-0.2, 0) is 4.79 Å². The zero-order valence-corrected chi connectivity index (χ0v) is 17.3.